The van der Waals surface area contributed by atoms with Crippen LogP contribution in [0.15, 0.2) is 67.3 Å². The highest BCUT2D eigenvalue weighted by molar-refractivity contribution is 6.03. The van der Waals surface area contributed by atoms with Gasteiger partial charge in [0.25, 0.3) is 0 Å². The number of ketones is 1. The first-order valence-corrected chi connectivity index (χ1v) is 8.82. The van der Waals surface area contributed by atoms with Crippen molar-refractivity contribution < 1.29 is 4.79 Å². The third-order valence-corrected chi connectivity index (χ3v) is 4.48. The molecule has 3 aromatic rings. The highest BCUT2D eigenvalue weighted by Gasteiger charge is 2.15. The van der Waals surface area contributed by atoms with Crippen LogP contribution in [0.1, 0.15) is 21.7 Å². The second-order valence-electron chi connectivity index (χ2n) is 6.34. The number of nitriles is 1. The average Bonchev–Trinajstić information content (AvgIpc) is 3.05. The molecule has 3 rings (SSSR count). The molecule has 2 aromatic carbocycles. The Morgan fingerprint density at radius 3 is 2.79 bits per heavy atom. The minimum atomic E-state index is -0.711. The van der Waals surface area contributed by atoms with Gasteiger partial charge in [-0.25, -0.2) is 4.98 Å². The zero-order valence-corrected chi connectivity index (χ0v) is 15.6. The number of hydrogen-bond acceptors (Lipinski definition) is 5. The van der Waals surface area contributed by atoms with Crippen LogP contribution in [0.5, 0.6) is 0 Å². The summed E-state index contributed by atoms with van der Waals surface area (Å²) in [7, 11) is 1.94. The molecular weight excluding hydrogens is 350 g/mol. The van der Waals surface area contributed by atoms with E-state index >= 15 is 0 Å². The number of carbonyl (C=O) groups is 1. The molecule has 0 aliphatic carbocycles. The predicted octanol–water partition coefficient (Wildman–Crippen LogP) is 3.31. The molecule has 0 saturated carbocycles. The number of benzene rings is 2. The fourth-order valence-corrected chi connectivity index (χ4v) is 2.88. The molecule has 0 spiro atoms. The minimum Gasteiger partial charge on any atom is -0.378 e. The lowest BCUT2D eigenvalue weighted by Crippen LogP contribution is -2.28. The number of nitrogens with two attached hydrogens (primary N) is 1. The molecule has 28 heavy (non-hydrogen) atoms. The van der Waals surface area contributed by atoms with Crippen LogP contribution < -0.4 is 11.1 Å². The minimum absolute atomic E-state index is 0.164. The summed E-state index contributed by atoms with van der Waals surface area (Å²) in [6.45, 7) is 4.10. The second-order valence-corrected chi connectivity index (χ2v) is 6.34. The first-order chi connectivity index (χ1) is 13.5. The maximum Gasteiger partial charge on any atom is 0.183 e. The van der Waals surface area contributed by atoms with Gasteiger partial charge in [-0.15, -0.1) is 0 Å². The van der Waals surface area contributed by atoms with Gasteiger partial charge in [0.05, 0.1) is 35.3 Å². The summed E-state index contributed by atoms with van der Waals surface area (Å²) < 4.78 is 1.98. The first-order valence-electron chi connectivity index (χ1n) is 8.82. The Bertz CT molecular complexity index is 1090. The maximum absolute atomic E-state index is 12.5. The molecule has 1 atom stereocenters. The molecule has 1 aromatic heterocycles. The number of imidazole rings is 1. The highest BCUT2D eigenvalue weighted by atomic mass is 16.1. The van der Waals surface area contributed by atoms with E-state index in [2.05, 4.69) is 22.9 Å². The summed E-state index contributed by atoms with van der Waals surface area (Å²) in [6, 6.07) is 14.0. The Hall–Kier alpha value is -3.69. The van der Waals surface area contributed by atoms with Crippen LogP contribution >= 0.6 is 0 Å². The molecule has 0 aliphatic rings. The summed E-state index contributed by atoms with van der Waals surface area (Å²) >= 11 is 0. The Morgan fingerprint density at radius 2 is 2.11 bits per heavy atom. The van der Waals surface area contributed by atoms with E-state index in [0.717, 1.165) is 22.5 Å². The van der Waals surface area contributed by atoms with Crippen molar-refractivity contribution in [3.8, 4) is 6.07 Å². The van der Waals surface area contributed by atoms with Crippen LogP contribution in [0.25, 0.3) is 11.0 Å². The molecule has 0 radical (unpaired) electrons. The standard InChI is InChI=1S/C22H21N5O/c1-3-4-5-18(24)22(28)16-8-11-20-19(12-16)26-21(27(20)2)14-25-17-9-6-15(13-23)7-10-17/h3-12,18,25H,1,14,24H2,2H3/b5-4-. The smallest absolute Gasteiger partial charge is 0.183 e. The average molecular weight is 371 g/mol. The molecule has 1 heterocycles. The molecule has 0 bridgehead atoms. The summed E-state index contributed by atoms with van der Waals surface area (Å²) in [4.78, 5) is 17.1. The number of fused-ring (bicyclic) bond motifs is 1. The van der Waals surface area contributed by atoms with Crippen molar-refractivity contribution in [3.63, 3.8) is 0 Å². The number of anilines is 1. The quantitative estimate of drug-likeness (QED) is 0.491. The summed E-state index contributed by atoms with van der Waals surface area (Å²) in [6.07, 6.45) is 4.86. The third-order valence-electron chi connectivity index (χ3n) is 4.48. The van der Waals surface area contributed by atoms with Crippen LogP contribution in [-0.4, -0.2) is 21.4 Å². The lowest BCUT2D eigenvalue weighted by Gasteiger charge is -2.07. The number of rotatable bonds is 7. The van der Waals surface area contributed by atoms with Gasteiger partial charge in [0.2, 0.25) is 0 Å². The van der Waals surface area contributed by atoms with Gasteiger partial charge in [0, 0.05) is 18.3 Å². The summed E-state index contributed by atoms with van der Waals surface area (Å²) in [5.74, 6) is 0.669. The maximum atomic E-state index is 12.5. The van der Waals surface area contributed by atoms with Crippen LogP contribution in [0.2, 0.25) is 0 Å². The van der Waals surface area contributed by atoms with E-state index in [-0.39, 0.29) is 5.78 Å². The van der Waals surface area contributed by atoms with Crippen molar-refractivity contribution in [1.29, 1.82) is 5.26 Å². The normalized spacial score (nSPS) is 12.0. The van der Waals surface area contributed by atoms with E-state index in [1.807, 2.05) is 29.8 Å². The van der Waals surface area contributed by atoms with Gasteiger partial charge in [0.1, 0.15) is 5.82 Å². The highest BCUT2D eigenvalue weighted by Crippen LogP contribution is 2.19. The van der Waals surface area contributed by atoms with E-state index < -0.39 is 6.04 Å². The fraction of sp³-hybridized carbons (Fsp3) is 0.136. The number of hydrogen-bond donors (Lipinski definition) is 2. The lowest BCUT2D eigenvalue weighted by atomic mass is 10.0. The Morgan fingerprint density at radius 1 is 1.36 bits per heavy atom. The van der Waals surface area contributed by atoms with E-state index in [9.17, 15) is 4.79 Å². The van der Waals surface area contributed by atoms with Crippen molar-refractivity contribution in [2.75, 3.05) is 5.32 Å². The number of Topliss-reactive ketones (excluding diaryl/α,β-unsaturated/α-hetero) is 1. The van der Waals surface area contributed by atoms with Crippen molar-refractivity contribution in [1.82, 2.24) is 9.55 Å². The molecule has 6 nitrogen and oxygen atoms in total. The molecule has 6 heteroatoms. The zero-order valence-electron chi connectivity index (χ0n) is 15.6. The van der Waals surface area contributed by atoms with E-state index in [1.54, 1.807) is 42.5 Å². The van der Waals surface area contributed by atoms with Crippen molar-refractivity contribution in [2.24, 2.45) is 12.8 Å². The van der Waals surface area contributed by atoms with Gasteiger partial charge in [-0.2, -0.15) is 5.26 Å². The van der Waals surface area contributed by atoms with Crippen LogP contribution in [0, 0.1) is 11.3 Å². The zero-order chi connectivity index (χ0) is 20.1. The number of allylic oxidation sites excluding steroid dienone is 2. The summed E-state index contributed by atoms with van der Waals surface area (Å²) in [5, 5.41) is 12.2. The molecule has 1 unspecified atom stereocenters. The van der Waals surface area contributed by atoms with Crippen LogP contribution in [0.3, 0.4) is 0 Å². The number of nitrogens with one attached hydrogen (secondary N) is 1. The third kappa shape index (κ3) is 4.00. The first kappa shape index (κ1) is 19.1. The lowest BCUT2D eigenvalue weighted by molar-refractivity contribution is 0.0978. The number of aryl methyl sites for hydroxylation is 1. The molecule has 140 valence electrons. The Kier molecular flexibility index (Phi) is 5.68. The monoisotopic (exact) mass is 371 g/mol. The van der Waals surface area contributed by atoms with E-state index in [1.165, 1.54) is 0 Å². The number of carbonyl (C=O) groups excluding carboxylic acids is 1. The number of aromatic nitrogens is 2. The molecule has 0 saturated heterocycles. The van der Waals surface area contributed by atoms with Crippen LogP contribution in [0.4, 0.5) is 5.69 Å². The van der Waals surface area contributed by atoms with E-state index in [0.29, 0.717) is 17.7 Å². The number of nitrogens with zero attached hydrogens (tertiary/aromatic N) is 3. The van der Waals surface area contributed by atoms with Gasteiger partial charge >= 0.3 is 0 Å². The molecular formula is C22H21N5O. The van der Waals surface area contributed by atoms with Crippen molar-refractivity contribution >= 4 is 22.5 Å². The topological polar surface area (TPSA) is 96.7 Å². The Labute approximate surface area is 163 Å². The Balaban J connectivity index is 1.80. The van der Waals surface area contributed by atoms with Crippen molar-refractivity contribution in [2.45, 2.75) is 12.6 Å². The van der Waals surface area contributed by atoms with Gasteiger partial charge in [-0.1, -0.05) is 24.8 Å². The van der Waals surface area contributed by atoms with Crippen molar-refractivity contribution in [3.05, 3.63) is 84.2 Å². The SMILES string of the molecule is C=C/C=C\C(N)C(=O)c1ccc2c(c1)nc(CNc1ccc(C#N)cc1)n2C. The van der Waals surface area contributed by atoms with Crippen LogP contribution in [-0.2, 0) is 13.6 Å². The molecule has 0 fully saturated rings. The fourth-order valence-electron chi connectivity index (χ4n) is 2.88. The van der Waals surface area contributed by atoms with Gasteiger partial charge in [-0.05, 0) is 42.5 Å². The van der Waals surface area contributed by atoms with Gasteiger partial charge < -0.3 is 15.6 Å². The second kappa shape index (κ2) is 8.33. The molecule has 0 amide bonds. The largest absolute Gasteiger partial charge is 0.378 e. The van der Waals surface area contributed by atoms with Gasteiger partial charge in [0.15, 0.2) is 5.78 Å². The van der Waals surface area contributed by atoms with E-state index in [4.69, 9.17) is 11.0 Å². The predicted molar refractivity (Wildman–Crippen MR) is 111 cm³/mol. The molecule has 3 N–H and O–H groups in total. The molecule has 0 aliphatic heterocycles. The summed E-state index contributed by atoms with van der Waals surface area (Å²) in [5.41, 5.74) is 9.63. The van der Waals surface area contributed by atoms with Gasteiger partial charge in [-0.3, -0.25) is 4.79 Å².